The number of nitrogens with two attached hydrogens (primary N) is 1. The standard InChI is InChI=1S/C12H15FN2O2/c1-15(14)11(16)12(5-6-12)9-7-8(13)3-4-10(9)17-2/h3-4,7H,5-6,14H2,1-2H3. The average Bonchev–Trinajstić information content (AvgIpc) is 3.09. The van der Waals surface area contributed by atoms with E-state index in [0.717, 1.165) is 5.01 Å². The topological polar surface area (TPSA) is 55.6 Å². The molecule has 1 amide bonds. The van der Waals surface area contributed by atoms with Gasteiger partial charge in [-0.25, -0.2) is 10.2 Å². The molecule has 2 rings (SSSR count). The number of rotatable bonds is 3. The van der Waals surface area contributed by atoms with E-state index >= 15 is 0 Å². The largest absolute Gasteiger partial charge is 0.496 e. The maximum absolute atomic E-state index is 13.3. The molecule has 0 aromatic heterocycles. The zero-order valence-corrected chi connectivity index (χ0v) is 9.87. The lowest BCUT2D eigenvalue weighted by atomic mass is 9.93. The molecule has 0 heterocycles. The van der Waals surface area contributed by atoms with Crippen LogP contribution >= 0.6 is 0 Å². The molecule has 1 aromatic carbocycles. The lowest BCUT2D eigenvalue weighted by Crippen LogP contribution is -2.41. The number of methoxy groups -OCH3 is 1. The third-order valence-corrected chi connectivity index (χ3v) is 3.16. The summed E-state index contributed by atoms with van der Waals surface area (Å²) in [6.07, 6.45) is 1.35. The Morgan fingerprint density at radius 1 is 1.53 bits per heavy atom. The molecule has 1 saturated carbocycles. The van der Waals surface area contributed by atoms with Crippen LogP contribution in [0, 0.1) is 5.82 Å². The van der Waals surface area contributed by atoms with E-state index < -0.39 is 5.41 Å². The van der Waals surface area contributed by atoms with Crippen molar-refractivity contribution in [3.63, 3.8) is 0 Å². The lowest BCUT2D eigenvalue weighted by molar-refractivity contribution is -0.132. The molecule has 0 spiro atoms. The summed E-state index contributed by atoms with van der Waals surface area (Å²) in [6, 6.07) is 4.21. The van der Waals surface area contributed by atoms with Gasteiger partial charge in [0.2, 0.25) is 5.91 Å². The van der Waals surface area contributed by atoms with E-state index in [4.69, 9.17) is 10.6 Å². The Bertz CT molecular complexity index is 456. The number of hydrogen-bond acceptors (Lipinski definition) is 3. The van der Waals surface area contributed by atoms with Gasteiger partial charge in [-0.05, 0) is 31.0 Å². The number of likely N-dealkylation sites (N-methyl/N-ethyl adjacent to an activating group) is 1. The van der Waals surface area contributed by atoms with Crippen LogP contribution in [0.1, 0.15) is 18.4 Å². The molecule has 92 valence electrons. The maximum Gasteiger partial charge on any atom is 0.246 e. The molecule has 0 unspecified atom stereocenters. The highest BCUT2D eigenvalue weighted by molar-refractivity contribution is 5.91. The molecule has 0 aliphatic heterocycles. The first-order chi connectivity index (χ1) is 8.01. The molecule has 2 N–H and O–H groups in total. The third-order valence-electron chi connectivity index (χ3n) is 3.16. The Labute approximate surface area is 99.1 Å². The molecule has 1 aromatic rings. The maximum atomic E-state index is 13.3. The first kappa shape index (κ1) is 11.9. The second-order valence-corrected chi connectivity index (χ2v) is 4.34. The summed E-state index contributed by atoms with van der Waals surface area (Å²) >= 11 is 0. The number of nitrogens with zero attached hydrogens (tertiary/aromatic N) is 1. The Hall–Kier alpha value is -1.62. The zero-order chi connectivity index (χ0) is 12.6. The Balaban J connectivity index is 2.46. The van der Waals surface area contributed by atoms with E-state index in [1.54, 1.807) is 0 Å². The van der Waals surface area contributed by atoms with Crippen molar-refractivity contribution in [2.75, 3.05) is 14.2 Å². The fourth-order valence-electron chi connectivity index (χ4n) is 2.12. The van der Waals surface area contributed by atoms with E-state index in [1.165, 1.54) is 32.4 Å². The van der Waals surface area contributed by atoms with Gasteiger partial charge in [-0.3, -0.25) is 9.80 Å². The van der Waals surface area contributed by atoms with Crippen LogP contribution in [0.3, 0.4) is 0 Å². The first-order valence-electron chi connectivity index (χ1n) is 5.38. The fraction of sp³-hybridized carbons (Fsp3) is 0.417. The van der Waals surface area contributed by atoms with Crippen LogP contribution in [0.15, 0.2) is 18.2 Å². The van der Waals surface area contributed by atoms with Crippen molar-refractivity contribution in [1.29, 1.82) is 0 Å². The SMILES string of the molecule is COc1ccc(F)cc1C1(C(=O)N(C)N)CC1. The summed E-state index contributed by atoms with van der Waals surface area (Å²) in [6.45, 7) is 0. The van der Waals surface area contributed by atoms with Crippen molar-refractivity contribution in [3.05, 3.63) is 29.6 Å². The summed E-state index contributed by atoms with van der Waals surface area (Å²) in [5, 5.41) is 1.05. The van der Waals surface area contributed by atoms with Gasteiger partial charge in [0, 0.05) is 12.6 Å². The number of amides is 1. The number of carbonyl (C=O) groups is 1. The minimum atomic E-state index is -0.697. The van der Waals surface area contributed by atoms with Crippen molar-refractivity contribution >= 4 is 5.91 Å². The Kier molecular flexibility index (Phi) is 2.79. The third kappa shape index (κ3) is 1.86. The van der Waals surface area contributed by atoms with Gasteiger partial charge in [0.25, 0.3) is 0 Å². The van der Waals surface area contributed by atoms with Gasteiger partial charge in [-0.2, -0.15) is 0 Å². The van der Waals surface area contributed by atoms with E-state index in [9.17, 15) is 9.18 Å². The van der Waals surface area contributed by atoms with Crippen LogP contribution in [0.5, 0.6) is 5.75 Å². The molecule has 17 heavy (non-hydrogen) atoms. The number of hydrogen-bond donors (Lipinski definition) is 1. The van der Waals surface area contributed by atoms with Crippen LogP contribution in [0.25, 0.3) is 0 Å². The molecule has 1 aliphatic carbocycles. The molecule has 0 bridgehead atoms. The molecule has 0 radical (unpaired) electrons. The number of halogens is 1. The lowest BCUT2D eigenvalue weighted by Gasteiger charge is -2.21. The number of ether oxygens (including phenoxy) is 1. The molecule has 5 heteroatoms. The Morgan fingerprint density at radius 3 is 2.65 bits per heavy atom. The molecule has 0 saturated heterocycles. The van der Waals surface area contributed by atoms with E-state index in [0.29, 0.717) is 24.2 Å². The van der Waals surface area contributed by atoms with Gasteiger partial charge < -0.3 is 4.74 Å². The first-order valence-corrected chi connectivity index (χ1v) is 5.38. The predicted octanol–water partition coefficient (Wildman–Crippen LogP) is 1.20. The highest BCUT2D eigenvalue weighted by Crippen LogP contribution is 2.52. The van der Waals surface area contributed by atoms with Crippen LogP contribution in [-0.2, 0) is 10.2 Å². The van der Waals surface area contributed by atoms with Crippen LogP contribution in [0.2, 0.25) is 0 Å². The van der Waals surface area contributed by atoms with Crippen molar-refractivity contribution in [3.8, 4) is 5.75 Å². The predicted molar refractivity (Wildman–Crippen MR) is 60.8 cm³/mol. The van der Waals surface area contributed by atoms with Crippen molar-refractivity contribution < 1.29 is 13.9 Å². The van der Waals surface area contributed by atoms with Crippen molar-refractivity contribution in [1.82, 2.24) is 5.01 Å². The van der Waals surface area contributed by atoms with Crippen LogP contribution in [-0.4, -0.2) is 25.1 Å². The second-order valence-electron chi connectivity index (χ2n) is 4.34. The van der Waals surface area contributed by atoms with Gasteiger partial charge in [-0.1, -0.05) is 0 Å². The molecular formula is C12H15FN2O2. The monoisotopic (exact) mass is 238 g/mol. The quantitative estimate of drug-likeness (QED) is 0.489. The normalized spacial score (nSPS) is 16.5. The fourth-order valence-corrected chi connectivity index (χ4v) is 2.12. The van der Waals surface area contributed by atoms with Gasteiger partial charge in [0.15, 0.2) is 0 Å². The van der Waals surface area contributed by atoms with Crippen LogP contribution in [0.4, 0.5) is 4.39 Å². The molecule has 1 aliphatic rings. The highest BCUT2D eigenvalue weighted by Gasteiger charge is 2.54. The summed E-state index contributed by atoms with van der Waals surface area (Å²) in [5.74, 6) is 5.42. The van der Waals surface area contributed by atoms with Crippen molar-refractivity contribution in [2.45, 2.75) is 18.3 Å². The number of carbonyl (C=O) groups excluding carboxylic acids is 1. The van der Waals surface area contributed by atoms with Crippen LogP contribution < -0.4 is 10.6 Å². The smallest absolute Gasteiger partial charge is 0.246 e. The van der Waals surface area contributed by atoms with Crippen molar-refractivity contribution in [2.24, 2.45) is 5.84 Å². The highest BCUT2D eigenvalue weighted by atomic mass is 19.1. The van der Waals surface area contributed by atoms with E-state index in [-0.39, 0.29) is 11.7 Å². The van der Waals surface area contributed by atoms with Gasteiger partial charge in [0.1, 0.15) is 11.6 Å². The van der Waals surface area contributed by atoms with Gasteiger partial charge in [0.05, 0.1) is 12.5 Å². The number of benzene rings is 1. The van der Waals surface area contributed by atoms with E-state index in [2.05, 4.69) is 0 Å². The molecule has 4 nitrogen and oxygen atoms in total. The Morgan fingerprint density at radius 2 is 2.18 bits per heavy atom. The summed E-state index contributed by atoms with van der Waals surface area (Å²) in [4.78, 5) is 12.0. The van der Waals surface area contributed by atoms with Gasteiger partial charge >= 0.3 is 0 Å². The minimum absolute atomic E-state index is 0.207. The van der Waals surface area contributed by atoms with Gasteiger partial charge in [-0.15, -0.1) is 0 Å². The molecule has 0 atom stereocenters. The second kappa shape index (κ2) is 4.00. The molecule has 1 fully saturated rings. The minimum Gasteiger partial charge on any atom is -0.496 e. The van der Waals surface area contributed by atoms with E-state index in [1.807, 2.05) is 0 Å². The average molecular weight is 238 g/mol. The summed E-state index contributed by atoms with van der Waals surface area (Å²) in [7, 11) is 3.00. The number of hydrazine groups is 1. The molecular weight excluding hydrogens is 223 g/mol. The summed E-state index contributed by atoms with van der Waals surface area (Å²) < 4.78 is 18.5. The summed E-state index contributed by atoms with van der Waals surface area (Å²) in [5.41, 5.74) is -0.112. The zero-order valence-electron chi connectivity index (χ0n) is 9.87.